The predicted molar refractivity (Wildman–Crippen MR) is 109 cm³/mol. The lowest BCUT2D eigenvalue weighted by atomic mass is 10.0. The fourth-order valence-electron chi connectivity index (χ4n) is 3.08. The number of benzene rings is 2. The van der Waals surface area contributed by atoms with E-state index in [1.54, 1.807) is 29.2 Å². The summed E-state index contributed by atoms with van der Waals surface area (Å²) in [6.07, 6.45) is 0.407. The van der Waals surface area contributed by atoms with E-state index >= 15 is 0 Å². The molecule has 9 heteroatoms. The molecule has 0 fully saturated rings. The number of nitrogens with zero attached hydrogens (tertiary/aromatic N) is 4. The monoisotopic (exact) mass is 429 g/mol. The quantitative estimate of drug-likeness (QED) is 0.477. The molecule has 4 rings (SSSR count). The molecule has 2 N–H and O–H groups in total. The highest BCUT2D eigenvalue weighted by Gasteiger charge is 2.29. The van der Waals surface area contributed by atoms with Crippen LogP contribution in [0.4, 0.5) is 19.0 Å². The Hall–Kier alpha value is -3.39. The number of alkyl halides is 3. The summed E-state index contributed by atoms with van der Waals surface area (Å²) < 4.78 is 39.8. The summed E-state index contributed by atoms with van der Waals surface area (Å²) >= 11 is 5.97. The molecule has 152 valence electrons. The first-order chi connectivity index (χ1) is 14.3. The number of aromatic nitrogens is 4. The van der Waals surface area contributed by atoms with Gasteiger partial charge in [-0.1, -0.05) is 35.9 Å². The summed E-state index contributed by atoms with van der Waals surface area (Å²) in [6.45, 7) is 0.314. The van der Waals surface area contributed by atoms with Crippen molar-refractivity contribution >= 4 is 17.4 Å². The molecule has 0 radical (unpaired) electrons. The van der Waals surface area contributed by atoms with Crippen LogP contribution >= 0.6 is 11.6 Å². The first kappa shape index (κ1) is 19.9. The van der Waals surface area contributed by atoms with Gasteiger partial charge in [-0.05, 0) is 35.4 Å². The van der Waals surface area contributed by atoms with Crippen LogP contribution in [-0.2, 0) is 12.7 Å². The number of nitrogen functional groups attached to an aromatic ring is 1. The van der Waals surface area contributed by atoms with Gasteiger partial charge in [0.2, 0.25) is 0 Å². The lowest BCUT2D eigenvalue weighted by Gasteiger charge is -2.10. The van der Waals surface area contributed by atoms with Crippen molar-refractivity contribution in [2.75, 3.05) is 5.73 Å². The van der Waals surface area contributed by atoms with Crippen LogP contribution in [0.2, 0.25) is 5.02 Å². The molecular weight excluding hydrogens is 415 g/mol. The zero-order valence-corrected chi connectivity index (χ0v) is 16.2. The van der Waals surface area contributed by atoms with Crippen LogP contribution in [0.15, 0.2) is 67.3 Å². The van der Waals surface area contributed by atoms with Gasteiger partial charge in [-0.25, -0.2) is 9.97 Å². The molecule has 2 aromatic heterocycles. The average Bonchev–Trinajstić information content (AvgIpc) is 3.17. The van der Waals surface area contributed by atoms with Gasteiger partial charge in [0.05, 0.1) is 29.6 Å². The third-order valence-corrected chi connectivity index (χ3v) is 4.79. The molecule has 30 heavy (non-hydrogen) atoms. The smallest absolute Gasteiger partial charge is 0.383 e. The van der Waals surface area contributed by atoms with E-state index in [1.165, 1.54) is 18.5 Å². The standard InChI is InChI=1S/C21H15ClF3N5/c22-17-7-3-14(4-8-17)18-19(27-12-28-20(18)26)15-9-29-30(11-15)10-13-1-5-16(6-2-13)21(23,24)25/h1-9,11-12H,10H2,(H2,26,27,28). The van der Waals surface area contributed by atoms with Crippen LogP contribution < -0.4 is 5.73 Å². The fraction of sp³-hybridized carbons (Fsp3) is 0.0952. The van der Waals surface area contributed by atoms with Gasteiger partial charge in [-0.2, -0.15) is 18.3 Å². The van der Waals surface area contributed by atoms with Crippen LogP contribution in [0.1, 0.15) is 11.1 Å². The fourth-order valence-corrected chi connectivity index (χ4v) is 3.20. The Morgan fingerprint density at radius 2 is 1.63 bits per heavy atom. The Balaban J connectivity index is 1.63. The average molecular weight is 430 g/mol. The van der Waals surface area contributed by atoms with Gasteiger partial charge in [0.1, 0.15) is 12.1 Å². The van der Waals surface area contributed by atoms with E-state index in [9.17, 15) is 13.2 Å². The lowest BCUT2D eigenvalue weighted by molar-refractivity contribution is -0.137. The van der Waals surface area contributed by atoms with Crippen molar-refractivity contribution in [3.05, 3.63) is 83.4 Å². The minimum atomic E-state index is -4.36. The molecule has 4 aromatic rings. The van der Waals surface area contributed by atoms with Gasteiger partial charge in [0, 0.05) is 16.8 Å². The van der Waals surface area contributed by atoms with Gasteiger partial charge in [-0.15, -0.1) is 0 Å². The molecule has 2 aromatic carbocycles. The maximum absolute atomic E-state index is 12.7. The maximum Gasteiger partial charge on any atom is 0.416 e. The molecule has 0 bridgehead atoms. The van der Waals surface area contributed by atoms with Gasteiger partial charge in [-0.3, -0.25) is 4.68 Å². The SMILES string of the molecule is Nc1ncnc(-c2cnn(Cc3ccc(C(F)(F)F)cc3)c2)c1-c1ccc(Cl)cc1. The van der Waals surface area contributed by atoms with Gasteiger partial charge in [0.25, 0.3) is 0 Å². The summed E-state index contributed by atoms with van der Waals surface area (Å²) in [5.74, 6) is 0.317. The van der Waals surface area contributed by atoms with Crippen LogP contribution in [0.25, 0.3) is 22.4 Å². The van der Waals surface area contributed by atoms with E-state index in [1.807, 2.05) is 12.1 Å². The van der Waals surface area contributed by atoms with Crippen LogP contribution in [0.3, 0.4) is 0 Å². The van der Waals surface area contributed by atoms with E-state index in [2.05, 4.69) is 15.1 Å². The van der Waals surface area contributed by atoms with E-state index < -0.39 is 11.7 Å². The molecule has 5 nitrogen and oxygen atoms in total. The van der Waals surface area contributed by atoms with Crippen LogP contribution in [-0.4, -0.2) is 19.7 Å². The Morgan fingerprint density at radius 3 is 2.30 bits per heavy atom. The first-order valence-corrected chi connectivity index (χ1v) is 9.24. The molecule has 0 atom stereocenters. The number of halogens is 4. The number of anilines is 1. The summed E-state index contributed by atoms with van der Waals surface area (Å²) in [5, 5.41) is 4.91. The van der Waals surface area contributed by atoms with Crippen molar-refractivity contribution in [1.82, 2.24) is 19.7 Å². The summed E-state index contributed by atoms with van der Waals surface area (Å²) in [7, 11) is 0. The third-order valence-electron chi connectivity index (χ3n) is 4.54. The van der Waals surface area contributed by atoms with E-state index in [-0.39, 0.29) is 0 Å². The van der Waals surface area contributed by atoms with Crippen molar-refractivity contribution < 1.29 is 13.2 Å². The number of hydrogen-bond donors (Lipinski definition) is 1. The summed E-state index contributed by atoms with van der Waals surface area (Å²) in [4.78, 5) is 8.45. The molecule has 0 saturated carbocycles. The summed E-state index contributed by atoms with van der Waals surface area (Å²) in [5.41, 5.74) is 8.89. The second-order valence-corrected chi connectivity index (χ2v) is 7.05. The van der Waals surface area contributed by atoms with Crippen molar-refractivity contribution in [1.29, 1.82) is 0 Å². The molecule has 0 aliphatic heterocycles. The summed E-state index contributed by atoms with van der Waals surface area (Å²) in [6, 6.07) is 12.1. The molecule has 0 amide bonds. The maximum atomic E-state index is 12.7. The zero-order valence-electron chi connectivity index (χ0n) is 15.4. The second-order valence-electron chi connectivity index (χ2n) is 6.61. The minimum absolute atomic E-state index is 0.314. The normalized spacial score (nSPS) is 11.6. The zero-order chi connectivity index (χ0) is 21.3. The Kier molecular flexibility index (Phi) is 5.17. The molecular formula is C21H15ClF3N5. The Bertz CT molecular complexity index is 1170. The molecule has 2 heterocycles. The molecule has 0 spiro atoms. The molecule has 0 saturated heterocycles. The third kappa shape index (κ3) is 4.13. The van der Waals surface area contributed by atoms with E-state index in [4.69, 9.17) is 17.3 Å². The topological polar surface area (TPSA) is 69.6 Å². The Labute approximate surface area is 175 Å². The van der Waals surface area contributed by atoms with Crippen LogP contribution in [0, 0.1) is 0 Å². The van der Waals surface area contributed by atoms with Crippen molar-refractivity contribution in [2.45, 2.75) is 12.7 Å². The van der Waals surface area contributed by atoms with Gasteiger partial charge in [0.15, 0.2) is 0 Å². The number of rotatable bonds is 4. The van der Waals surface area contributed by atoms with Crippen molar-refractivity contribution in [3.63, 3.8) is 0 Å². The first-order valence-electron chi connectivity index (χ1n) is 8.86. The predicted octanol–water partition coefficient (Wildman–Crippen LogP) is 5.31. The molecule has 0 unspecified atom stereocenters. The van der Waals surface area contributed by atoms with Crippen molar-refractivity contribution in [3.8, 4) is 22.4 Å². The Morgan fingerprint density at radius 1 is 0.933 bits per heavy atom. The highest BCUT2D eigenvalue weighted by Crippen LogP contribution is 2.34. The highest BCUT2D eigenvalue weighted by atomic mass is 35.5. The van der Waals surface area contributed by atoms with Gasteiger partial charge >= 0.3 is 6.18 Å². The van der Waals surface area contributed by atoms with Crippen molar-refractivity contribution in [2.24, 2.45) is 0 Å². The molecule has 0 aliphatic carbocycles. The highest BCUT2D eigenvalue weighted by molar-refractivity contribution is 6.30. The molecule has 0 aliphatic rings. The lowest BCUT2D eigenvalue weighted by Crippen LogP contribution is -2.05. The minimum Gasteiger partial charge on any atom is -0.383 e. The van der Waals surface area contributed by atoms with E-state index in [0.717, 1.165) is 17.7 Å². The largest absolute Gasteiger partial charge is 0.416 e. The van der Waals surface area contributed by atoms with E-state index in [0.29, 0.717) is 39.8 Å². The van der Waals surface area contributed by atoms with Gasteiger partial charge < -0.3 is 5.73 Å². The van der Waals surface area contributed by atoms with Crippen LogP contribution in [0.5, 0.6) is 0 Å². The number of hydrogen-bond acceptors (Lipinski definition) is 4. The number of nitrogens with two attached hydrogens (primary N) is 1. The second kappa shape index (κ2) is 7.79.